The first kappa shape index (κ1) is 14.6. The maximum absolute atomic E-state index is 12.1. The van der Waals surface area contributed by atoms with Gasteiger partial charge in [-0.2, -0.15) is 0 Å². The van der Waals surface area contributed by atoms with Gasteiger partial charge in [-0.3, -0.25) is 0 Å². The molecule has 0 unspecified atom stereocenters. The molecule has 0 atom stereocenters. The number of benzene rings is 1. The summed E-state index contributed by atoms with van der Waals surface area (Å²) in [5, 5.41) is 0. The fraction of sp³-hybridized carbons (Fsp3) is 0.455. The van der Waals surface area contributed by atoms with E-state index >= 15 is 0 Å². The molecular formula is C11H17BrN2O2S. The zero-order chi connectivity index (χ0) is 13.3. The Morgan fingerprint density at radius 2 is 2.00 bits per heavy atom. The van der Waals surface area contributed by atoms with Crippen LogP contribution < -0.4 is 10.5 Å². The Kier molecular flexibility index (Phi) is 4.35. The monoisotopic (exact) mass is 320 g/mol. The molecule has 0 aliphatic carbocycles. The molecule has 0 bridgehead atoms. The molecule has 0 fully saturated rings. The molecule has 0 saturated carbocycles. The molecule has 0 radical (unpaired) electrons. The number of sulfonamides is 1. The molecule has 0 spiro atoms. The second kappa shape index (κ2) is 5.06. The van der Waals surface area contributed by atoms with E-state index in [0.29, 0.717) is 4.47 Å². The third-order valence-electron chi connectivity index (χ3n) is 2.16. The highest BCUT2D eigenvalue weighted by atomic mass is 79.9. The van der Waals surface area contributed by atoms with Crippen LogP contribution in [0.3, 0.4) is 0 Å². The number of nitrogens with two attached hydrogens (primary N) is 1. The third kappa shape index (κ3) is 4.06. The van der Waals surface area contributed by atoms with Crippen molar-refractivity contribution in [3.8, 4) is 0 Å². The Bertz CT molecular complexity index is 507. The van der Waals surface area contributed by atoms with Gasteiger partial charge in [0, 0.05) is 16.6 Å². The Balaban J connectivity index is 3.02. The van der Waals surface area contributed by atoms with Crippen molar-refractivity contribution in [1.82, 2.24) is 4.72 Å². The smallest absolute Gasteiger partial charge is 0.241 e. The summed E-state index contributed by atoms with van der Waals surface area (Å²) in [7, 11) is -3.52. The van der Waals surface area contributed by atoms with Gasteiger partial charge in [-0.1, -0.05) is 12.1 Å². The molecule has 1 rings (SSSR count). The highest BCUT2D eigenvalue weighted by Gasteiger charge is 2.21. The summed E-state index contributed by atoms with van der Waals surface area (Å²) in [5.41, 5.74) is 6.04. The van der Waals surface area contributed by atoms with E-state index < -0.39 is 15.6 Å². The molecule has 96 valence electrons. The van der Waals surface area contributed by atoms with Crippen molar-refractivity contribution >= 4 is 26.0 Å². The van der Waals surface area contributed by atoms with E-state index in [2.05, 4.69) is 20.7 Å². The molecule has 0 heterocycles. The first-order valence-corrected chi connectivity index (χ1v) is 7.45. The van der Waals surface area contributed by atoms with Crippen LogP contribution in [0.5, 0.6) is 0 Å². The van der Waals surface area contributed by atoms with Crippen LogP contribution in [0.25, 0.3) is 0 Å². The molecule has 0 saturated heterocycles. The standard InChI is InChI=1S/C11H17BrN2O2S/c1-8-5-4-6-9(10(8)12)17(15,16)14-7-11(2,3)13/h4-6,14H,7,13H2,1-3H3. The van der Waals surface area contributed by atoms with Crippen molar-refractivity contribution < 1.29 is 8.42 Å². The van der Waals surface area contributed by atoms with Gasteiger partial charge in [0.05, 0.1) is 4.90 Å². The lowest BCUT2D eigenvalue weighted by atomic mass is 10.1. The average molecular weight is 321 g/mol. The predicted molar refractivity (Wildman–Crippen MR) is 72.3 cm³/mol. The fourth-order valence-electron chi connectivity index (χ4n) is 1.19. The maximum Gasteiger partial charge on any atom is 0.241 e. The van der Waals surface area contributed by atoms with Crippen LogP contribution in [0, 0.1) is 6.92 Å². The molecule has 1 aromatic rings. The molecule has 0 amide bonds. The molecule has 4 nitrogen and oxygen atoms in total. The summed E-state index contributed by atoms with van der Waals surface area (Å²) in [6, 6.07) is 5.11. The van der Waals surface area contributed by atoms with Crippen LogP contribution in [0.1, 0.15) is 19.4 Å². The average Bonchev–Trinajstić information content (AvgIpc) is 2.18. The van der Waals surface area contributed by atoms with Gasteiger partial charge in [-0.05, 0) is 48.3 Å². The second-order valence-electron chi connectivity index (χ2n) is 4.70. The van der Waals surface area contributed by atoms with Crippen molar-refractivity contribution in [3.05, 3.63) is 28.2 Å². The Morgan fingerprint density at radius 3 is 2.53 bits per heavy atom. The molecule has 1 aromatic carbocycles. The van der Waals surface area contributed by atoms with Crippen molar-refractivity contribution in [1.29, 1.82) is 0 Å². The first-order valence-electron chi connectivity index (χ1n) is 5.17. The largest absolute Gasteiger partial charge is 0.324 e. The lowest BCUT2D eigenvalue weighted by molar-refractivity contribution is 0.497. The highest BCUT2D eigenvalue weighted by Crippen LogP contribution is 2.25. The van der Waals surface area contributed by atoms with Gasteiger partial charge >= 0.3 is 0 Å². The van der Waals surface area contributed by atoms with Gasteiger partial charge in [0.1, 0.15) is 0 Å². The minimum Gasteiger partial charge on any atom is -0.324 e. The van der Waals surface area contributed by atoms with E-state index in [4.69, 9.17) is 5.73 Å². The number of halogens is 1. The van der Waals surface area contributed by atoms with E-state index in [0.717, 1.165) is 5.56 Å². The van der Waals surface area contributed by atoms with Crippen molar-refractivity contribution in [3.63, 3.8) is 0 Å². The highest BCUT2D eigenvalue weighted by molar-refractivity contribution is 9.10. The van der Waals surface area contributed by atoms with Crippen LogP contribution in [0.2, 0.25) is 0 Å². The van der Waals surface area contributed by atoms with E-state index in [1.807, 2.05) is 13.0 Å². The van der Waals surface area contributed by atoms with Crippen LogP contribution in [-0.2, 0) is 10.0 Å². The SMILES string of the molecule is Cc1cccc(S(=O)(=O)NCC(C)(C)N)c1Br. The van der Waals surface area contributed by atoms with Gasteiger partial charge in [-0.15, -0.1) is 0 Å². The summed E-state index contributed by atoms with van der Waals surface area (Å²) >= 11 is 3.29. The number of hydrogen-bond acceptors (Lipinski definition) is 3. The van der Waals surface area contributed by atoms with E-state index in [9.17, 15) is 8.42 Å². The van der Waals surface area contributed by atoms with Gasteiger partial charge in [0.15, 0.2) is 0 Å². The molecule has 17 heavy (non-hydrogen) atoms. The third-order valence-corrected chi connectivity index (χ3v) is 4.92. The second-order valence-corrected chi connectivity index (χ2v) is 7.23. The lowest BCUT2D eigenvalue weighted by Crippen LogP contribution is -2.45. The Morgan fingerprint density at radius 1 is 1.41 bits per heavy atom. The first-order chi connectivity index (χ1) is 7.63. The lowest BCUT2D eigenvalue weighted by Gasteiger charge is -2.19. The number of hydrogen-bond donors (Lipinski definition) is 2. The quantitative estimate of drug-likeness (QED) is 0.888. The van der Waals surface area contributed by atoms with Gasteiger partial charge in [-0.25, -0.2) is 13.1 Å². The van der Waals surface area contributed by atoms with Crippen molar-refractivity contribution in [2.24, 2.45) is 5.73 Å². The zero-order valence-corrected chi connectivity index (χ0v) is 12.5. The van der Waals surface area contributed by atoms with Crippen LogP contribution in [-0.4, -0.2) is 20.5 Å². The summed E-state index contributed by atoms with van der Waals surface area (Å²) in [6.45, 7) is 5.56. The molecular weight excluding hydrogens is 304 g/mol. The molecule has 0 aliphatic heterocycles. The number of nitrogens with one attached hydrogen (secondary N) is 1. The normalized spacial score (nSPS) is 12.8. The Labute approximate surface area is 111 Å². The van der Waals surface area contributed by atoms with Gasteiger partial charge in [0.25, 0.3) is 0 Å². The van der Waals surface area contributed by atoms with Gasteiger partial charge in [0.2, 0.25) is 10.0 Å². The minimum absolute atomic E-state index is 0.190. The molecule has 0 aromatic heterocycles. The van der Waals surface area contributed by atoms with Crippen LogP contribution in [0.4, 0.5) is 0 Å². The molecule has 3 N–H and O–H groups in total. The van der Waals surface area contributed by atoms with Crippen molar-refractivity contribution in [2.75, 3.05) is 6.54 Å². The number of rotatable bonds is 4. The fourth-order valence-corrected chi connectivity index (χ4v) is 3.46. The molecule has 0 aliphatic rings. The van der Waals surface area contributed by atoms with Crippen molar-refractivity contribution in [2.45, 2.75) is 31.2 Å². The van der Waals surface area contributed by atoms with Crippen LogP contribution in [0.15, 0.2) is 27.6 Å². The summed E-state index contributed by atoms with van der Waals surface area (Å²) in [5.74, 6) is 0. The Hall–Kier alpha value is -0.430. The van der Waals surface area contributed by atoms with E-state index in [1.165, 1.54) is 0 Å². The topological polar surface area (TPSA) is 72.2 Å². The molecule has 6 heteroatoms. The van der Waals surface area contributed by atoms with Gasteiger partial charge < -0.3 is 5.73 Å². The predicted octanol–water partition coefficient (Wildman–Crippen LogP) is 1.77. The number of aryl methyl sites for hydroxylation is 1. The summed E-state index contributed by atoms with van der Waals surface area (Å²) in [4.78, 5) is 0.238. The zero-order valence-electron chi connectivity index (χ0n) is 10.1. The van der Waals surface area contributed by atoms with E-state index in [1.54, 1.807) is 26.0 Å². The van der Waals surface area contributed by atoms with E-state index in [-0.39, 0.29) is 11.4 Å². The maximum atomic E-state index is 12.1. The van der Waals surface area contributed by atoms with Crippen LogP contribution >= 0.6 is 15.9 Å². The minimum atomic E-state index is -3.52. The summed E-state index contributed by atoms with van der Waals surface area (Å²) in [6.07, 6.45) is 0. The summed E-state index contributed by atoms with van der Waals surface area (Å²) < 4.78 is 27.2.